The third-order valence-corrected chi connectivity index (χ3v) is 16.5. The van der Waals surface area contributed by atoms with Crippen molar-refractivity contribution in [3.05, 3.63) is 94.4 Å². The first kappa shape index (κ1) is 57.9. The number of nitrogens with two attached hydrogens (primary N) is 1. The van der Waals surface area contributed by atoms with Crippen molar-refractivity contribution in [2.24, 2.45) is 10.9 Å². The third kappa shape index (κ3) is 14.0. The Kier molecular flexibility index (Phi) is 19.5. The average Bonchev–Trinajstić information content (AvgIpc) is 4.27. The van der Waals surface area contributed by atoms with Crippen molar-refractivity contribution in [2.45, 2.75) is 134 Å². The second-order valence-corrected chi connectivity index (χ2v) is 21.8. The molecule has 2 fully saturated rings. The van der Waals surface area contributed by atoms with Crippen molar-refractivity contribution in [1.82, 2.24) is 45.4 Å². The number of aliphatic imine (C=N–C) groups is 1. The normalized spacial score (nSPS) is 19.2. The maximum absolute atomic E-state index is 14.5. The van der Waals surface area contributed by atoms with E-state index in [0.717, 1.165) is 43.6 Å². The van der Waals surface area contributed by atoms with Gasteiger partial charge in [0.15, 0.2) is 17.4 Å². The van der Waals surface area contributed by atoms with Gasteiger partial charge in [0.1, 0.15) is 41.6 Å². The molecule has 4 aromatic rings. The number of amides is 5. The van der Waals surface area contributed by atoms with E-state index in [2.05, 4.69) is 27.0 Å². The molecule has 2 aromatic carbocycles. The number of carbonyl (C=O) groups is 6. The summed E-state index contributed by atoms with van der Waals surface area (Å²) >= 11 is 1.47. The minimum atomic E-state index is -0.788. The zero-order chi connectivity index (χ0) is 56.3. The molecule has 420 valence electrons. The lowest BCUT2D eigenvalue weighted by atomic mass is 9.87. The first-order valence-corrected chi connectivity index (χ1v) is 28.3. The molecule has 5 N–H and O–H groups in total. The zero-order valence-corrected chi connectivity index (χ0v) is 46.1. The Morgan fingerprint density at radius 1 is 0.949 bits per heavy atom. The summed E-state index contributed by atoms with van der Waals surface area (Å²) in [6.07, 6.45) is 9.00. The molecule has 79 heavy (non-hydrogen) atoms. The summed E-state index contributed by atoms with van der Waals surface area (Å²) < 4.78 is 35.6. The molecule has 4 aliphatic rings. The second kappa shape index (κ2) is 26.6. The highest BCUT2D eigenvalue weighted by atomic mass is 32.2. The molecule has 1 unspecified atom stereocenters. The van der Waals surface area contributed by atoms with E-state index < -0.39 is 41.8 Å². The van der Waals surface area contributed by atoms with Gasteiger partial charge in [-0.05, 0) is 114 Å². The number of thioether (sulfide) groups is 1. The van der Waals surface area contributed by atoms with Gasteiger partial charge >= 0.3 is 0 Å². The highest BCUT2D eigenvalue weighted by Gasteiger charge is 2.43. The summed E-state index contributed by atoms with van der Waals surface area (Å²) in [6, 6.07) is 11.0. The van der Waals surface area contributed by atoms with Gasteiger partial charge in [0.05, 0.1) is 35.9 Å². The number of Topliss-reactive ketones (excluding diaryl/α,β-unsaturated/α-hetero) is 1. The topological polar surface area (TPSA) is 250 Å². The standard InChI is InChI=1S/C57H70F2N12O7S/c1-34(62-3)54(75)66-51(57(77)70-24-11-12-45(70)55-65-44(33-79-55)52(74)37-15-17-39(58)18-16-37)36-21-25-69(26-22-36)49(73)14-10-8-6-5-7-9-13-48(72)63-23-27-71-46(30-60)50-38-28-47(53(61)64-31-38)78-35(2)42-29-40(59)19-20-41(42)56(76)68(4)32-43(50)67-71/h15-20,28-29,31,34-36,44-45,51,62H,5-14,21-27,32-33H2,1-4H3,(H2,61,64)(H,63,72)(H,66,75)/t34-,35+,44?,45-,51-/m0/s1. The summed E-state index contributed by atoms with van der Waals surface area (Å²) in [7, 11) is 3.29. The van der Waals surface area contributed by atoms with Crippen LogP contribution in [0.2, 0.25) is 0 Å². The molecule has 5 atom stereocenters. The van der Waals surface area contributed by atoms with Gasteiger partial charge in [0.2, 0.25) is 23.6 Å². The molecule has 8 rings (SSSR count). The first-order chi connectivity index (χ1) is 38.0. The number of hydrogen-bond acceptors (Lipinski definition) is 14. The Labute approximate surface area is 463 Å². The number of piperidine rings is 1. The number of nitrogens with zero attached hydrogens (tertiary/aromatic N) is 8. The van der Waals surface area contributed by atoms with Crippen LogP contribution in [0, 0.1) is 28.9 Å². The van der Waals surface area contributed by atoms with E-state index in [0.29, 0.717) is 91.9 Å². The van der Waals surface area contributed by atoms with Crippen LogP contribution in [-0.4, -0.2) is 140 Å². The lowest BCUT2D eigenvalue weighted by Gasteiger charge is -2.38. The monoisotopic (exact) mass is 1100 g/mol. The Bertz CT molecular complexity index is 2980. The molecule has 4 aliphatic heterocycles. The van der Waals surface area contributed by atoms with Gasteiger partial charge in [-0.3, -0.25) is 38.4 Å². The molecule has 22 heteroatoms. The van der Waals surface area contributed by atoms with E-state index in [9.17, 15) is 42.8 Å². The molecule has 2 saturated heterocycles. The predicted molar refractivity (Wildman–Crippen MR) is 295 cm³/mol. The molecule has 0 radical (unpaired) electrons. The SMILES string of the molecule is CN[C@@H](C)C(=O)N[C@H](C(=O)N1CCC[C@H]1C1=NC(C(=O)c2ccc(F)cc2)CS1)C1CCN(C(=O)CCCCCCCCC(=O)NCCn2nc3c(c2C#N)-c2cnc(N)c(c2)O[C@H](C)c2cc(F)ccc2C(=O)N(C)C3)CC1. The number of nitriles is 1. The Hall–Kier alpha value is -7.25. The highest BCUT2D eigenvalue weighted by Crippen LogP contribution is 2.37. The summed E-state index contributed by atoms with van der Waals surface area (Å²) in [6.45, 7) is 5.28. The number of hydrogen-bond donors (Lipinski definition) is 4. The van der Waals surface area contributed by atoms with Gasteiger partial charge in [0, 0.05) is 85.8 Å². The average molecular weight is 1110 g/mol. The van der Waals surface area contributed by atoms with Crippen LogP contribution in [0.25, 0.3) is 11.1 Å². The molecule has 2 aromatic heterocycles. The third-order valence-electron chi connectivity index (χ3n) is 15.4. The fraction of sp³-hybridized carbons (Fsp3) is 0.509. The second-order valence-electron chi connectivity index (χ2n) is 20.8. The molecular formula is C57H70F2N12O7S. The van der Waals surface area contributed by atoms with Gasteiger partial charge in [-0.25, -0.2) is 13.8 Å². The van der Waals surface area contributed by atoms with Crippen molar-refractivity contribution in [2.75, 3.05) is 51.8 Å². The van der Waals surface area contributed by atoms with E-state index in [4.69, 9.17) is 20.6 Å². The number of halogens is 2. The molecule has 0 spiro atoms. The number of anilines is 1. The fourth-order valence-electron chi connectivity index (χ4n) is 10.8. The number of benzene rings is 2. The van der Waals surface area contributed by atoms with Crippen molar-refractivity contribution in [1.29, 1.82) is 5.26 Å². The quantitative estimate of drug-likeness (QED) is 0.0556. The maximum Gasteiger partial charge on any atom is 0.254 e. The molecule has 0 aliphatic carbocycles. The number of nitrogen functional groups attached to an aromatic ring is 1. The number of fused-ring (bicyclic) bond motifs is 5. The van der Waals surface area contributed by atoms with Gasteiger partial charge in [-0.15, -0.1) is 11.8 Å². The number of ether oxygens (including phenoxy) is 1. The van der Waals surface area contributed by atoms with Crippen LogP contribution < -0.4 is 26.4 Å². The van der Waals surface area contributed by atoms with Crippen LogP contribution in [-0.2, 0) is 32.3 Å². The Balaban J connectivity index is 0.758. The molecule has 0 saturated carbocycles. The highest BCUT2D eigenvalue weighted by molar-refractivity contribution is 8.14. The van der Waals surface area contributed by atoms with Crippen molar-refractivity contribution >= 4 is 57.9 Å². The minimum Gasteiger partial charge on any atom is -0.482 e. The smallest absolute Gasteiger partial charge is 0.254 e. The maximum atomic E-state index is 14.5. The van der Waals surface area contributed by atoms with Crippen LogP contribution in [0.5, 0.6) is 5.75 Å². The number of likely N-dealkylation sites (tertiary alicyclic amines) is 2. The summed E-state index contributed by atoms with van der Waals surface area (Å²) in [5, 5.41) is 24.8. The van der Waals surface area contributed by atoms with Crippen LogP contribution >= 0.6 is 11.8 Å². The lowest BCUT2D eigenvalue weighted by Crippen LogP contribution is -2.58. The van der Waals surface area contributed by atoms with Crippen molar-refractivity contribution in [3.63, 3.8) is 0 Å². The molecule has 6 heterocycles. The van der Waals surface area contributed by atoms with E-state index in [1.54, 1.807) is 38.9 Å². The summed E-state index contributed by atoms with van der Waals surface area (Å²) in [5.74, 6) is -1.53. The summed E-state index contributed by atoms with van der Waals surface area (Å²) in [4.78, 5) is 95.2. The molecule has 19 nitrogen and oxygen atoms in total. The largest absolute Gasteiger partial charge is 0.482 e. The number of pyridine rings is 1. The minimum absolute atomic E-state index is 0.0181. The van der Waals surface area contributed by atoms with Crippen molar-refractivity contribution in [3.8, 4) is 22.9 Å². The van der Waals surface area contributed by atoms with Crippen LogP contribution in [0.15, 0.2) is 59.7 Å². The van der Waals surface area contributed by atoms with Gasteiger partial charge < -0.3 is 41.1 Å². The van der Waals surface area contributed by atoms with E-state index in [1.165, 1.54) is 70.0 Å². The predicted octanol–water partition coefficient (Wildman–Crippen LogP) is 6.36. The Morgan fingerprint density at radius 2 is 1.66 bits per heavy atom. The number of ketones is 1. The number of nitrogens with one attached hydrogen (secondary N) is 3. The molecule has 5 amide bonds. The molecule has 2 bridgehead atoms. The number of carbonyl (C=O) groups excluding carboxylic acids is 6. The van der Waals surface area contributed by atoms with Gasteiger partial charge in [-0.1, -0.05) is 25.7 Å². The first-order valence-electron chi connectivity index (χ1n) is 27.3. The van der Waals surface area contributed by atoms with Gasteiger partial charge in [-0.2, -0.15) is 10.4 Å². The number of aromatic nitrogens is 3. The Morgan fingerprint density at radius 3 is 2.38 bits per heavy atom. The summed E-state index contributed by atoms with van der Waals surface area (Å²) in [5.41, 5.74) is 8.73. The van der Waals surface area contributed by atoms with E-state index in [-0.39, 0.29) is 83.8 Å². The fourth-order valence-corrected chi connectivity index (χ4v) is 12.0. The van der Waals surface area contributed by atoms with Crippen LogP contribution in [0.4, 0.5) is 14.6 Å². The number of rotatable bonds is 20. The van der Waals surface area contributed by atoms with Crippen molar-refractivity contribution < 1.29 is 42.3 Å². The van der Waals surface area contributed by atoms with E-state index in [1.807, 2.05) is 4.90 Å². The molecular weight excluding hydrogens is 1030 g/mol. The lowest BCUT2D eigenvalue weighted by molar-refractivity contribution is -0.139. The van der Waals surface area contributed by atoms with E-state index >= 15 is 0 Å². The van der Waals surface area contributed by atoms with Crippen LogP contribution in [0.3, 0.4) is 0 Å². The number of likely N-dealkylation sites (N-methyl/N-ethyl adjacent to an activating group) is 1. The van der Waals surface area contributed by atoms with Gasteiger partial charge in [0.25, 0.3) is 5.91 Å². The number of unbranched alkanes of at least 4 members (excludes halogenated alkanes) is 5. The van der Waals surface area contributed by atoms with Crippen LogP contribution in [0.1, 0.15) is 135 Å². The zero-order valence-electron chi connectivity index (χ0n) is 45.3.